The summed E-state index contributed by atoms with van der Waals surface area (Å²) in [6, 6.07) is 5.55. The van der Waals surface area contributed by atoms with Crippen LogP contribution in [0.15, 0.2) is 18.3 Å². The number of nitrogens with zero attached hydrogens (tertiary/aromatic N) is 4. The summed E-state index contributed by atoms with van der Waals surface area (Å²) in [6.45, 7) is 2.38. The van der Waals surface area contributed by atoms with Crippen LogP contribution in [-0.4, -0.2) is 14.8 Å². The molecule has 0 aromatic carbocycles. The fraction of sp³-hybridized carbons (Fsp3) is 0.250. The summed E-state index contributed by atoms with van der Waals surface area (Å²) in [5, 5.41) is 16.1. The lowest BCUT2D eigenvalue weighted by atomic mass is 10.2. The predicted octanol–water partition coefficient (Wildman–Crippen LogP) is 1.19. The molecule has 0 bridgehead atoms. The molecular formula is C12H14N6. The van der Waals surface area contributed by atoms with Gasteiger partial charge in [-0.15, -0.1) is 0 Å². The summed E-state index contributed by atoms with van der Waals surface area (Å²) >= 11 is 0. The van der Waals surface area contributed by atoms with Gasteiger partial charge in [-0.1, -0.05) is 0 Å². The van der Waals surface area contributed by atoms with Gasteiger partial charge in [0.25, 0.3) is 0 Å². The average Bonchev–Trinajstić information content (AvgIpc) is 2.67. The second kappa shape index (κ2) is 4.75. The normalized spacial score (nSPS) is 10.1. The van der Waals surface area contributed by atoms with E-state index in [-0.39, 0.29) is 0 Å². The van der Waals surface area contributed by atoms with Gasteiger partial charge in [0.2, 0.25) is 0 Å². The molecule has 0 aliphatic carbocycles. The molecule has 0 aliphatic rings. The minimum absolute atomic E-state index is 0.529. The Bertz CT molecular complexity index is 608. The first-order chi connectivity index (χ1) is 8.60. The van der Waals surface area contributed by atoms with Crippen LogP contribution in [0.2, 0.25) is 0 Å². The summed E-state index contributed by atoms with van der Waals surface area (Å²) in [5.41, 5.74) is 8.13. The average molecular weight is 242 g/mol. The number of rotatable bonds is 3. The molecule has 2 aromatic rings. The molecule has 6 heteroatoms. The van der Waals surface area contributed by atoms with Crippen molar-refractivity contribution in [2.75, 3.05) is 11.1 Å². The van der Waals surface area contributed by atoms with Crippen molar-refractivity contribution in [3.8, 4) is 6.07 Å². The van der Waals surface area contributed by atoms with Crippen molar-refractivity contribution in [2.45, 2.75) is 13.5 Å². The first kappa shape index (κ1) is 11.9. The van der Waals surface area contributed by atoms with Gasteiger partial charge >= 0.3 is 0 Å². The smallest absolute Gasteiger partial charge is 0.127 e. The van der Waals surface area contributed by atoms with Crippen molar-refractivity contribution in [3.63, 3.8) is 0 Å². The largest absolute Gasteiger partial charge is 0.384 e. The number of pyridine rings is 1. The minimum atomic E-state index is 0.529. The SMILES string of the molecule is Cc1cc(C#N)cc(NCc2cnn(C)c2N)n1. The van der Waals surface area contributed by atoms with E-state index in [1.54, 1.807) is 30.1 Å². The molecule has 0 radical (unpaired) electrons. The highest BCUT2D eigenvalue weighted by Gasteiger charge is 2.05. The van der Waals surface area contributed by atoms with Gasteiger partial charge in [0.05, 0.1) is 17.8 Å². The van der Waals surface area contributed by atoms with Crippen molar-refractivity contribution < 1.29 is 0 Å². The van der Waals surface area contributed by atoms with E-state index >= 15 is 0 Å². The van der Waals surface area contributed by atoms with Gasteiger partial charge in [0.15, 0.2) is 0 Å². The summed E-state index contributed by atoms with van der Waals surface area (Å²) in [7, 11) is 1.79. The van der Waals surface area contributed by atoms with Crippen molar-refractivity contribution >= 4 is 11.6 Å². The van der Waals surface area contributed by atoms with Gasteiger partial charge in [-0.3, -0.25) is 4.68 Å². The van der Waals surface area contributed by atoms with E-state index in [1.807, 2.05) is 6.92 Å². The molecule has 2 heterocycles. The molecule has 2 aromatic heterocycles. The summed E-state index contributed by atoms with van der Waals surface area (Å²) in [6.07, 6.45) is 1.71. The highest BCUT2D eigenvalue weighted by molar-refractivity contribution is 5.47. The number of aryl methyl sites for hydroxylation is 2. The number of anilines is 2. The molecule has 0 aliphatic heterocycles. The van der Waals surface area contributed by atoms with Gasteiger partial charge < -0.3 is 11.1 Å². The van der Waals surface area contributed by atoms with Crippen LogP contribution in [0.1, 0.15) is 16.8 Å². The van der Waals surface area contributed by atoms with E-state index in [9.17, 15) is 0 Å². The molecule has 18 heavy (non-hydrogen) atoms. The maximum Gasteiger partial charge on any atom is 0.127 e. The molecule has 92 valence electrons. The zero-order valence-corrected chi connectivity index (χ0v) is 10.3. The maximum atomic E-state index is 8.88. The Hall–Kier alpha value is -2.55. The number of hydrogen-bond donors (Lipinski definition) is 2. The number of nitrogens with one attached hydrogen (secondary N) is 1. The van der Waals surface area contributed by atoms with Crippen LogP contribution >= 0.6 is 0 Å². The Balaban J connectivity index is 2.13. The van der Waals surface area contributed by atoms with E-state index in [0.29, 0.717) is 23.7 Å². The Kier molecular flexibility index (Phi) is 3.15. The van der Waals surface area contributed by atoms with Crippen molar-refractivity contribution in [1.29, 1.82) is 5.26 Å². The van der Waals surface area contributed by atoms with Gasteiger partial charge in [-0.2, -0.15) is 10.4 Å². The number of nitrogen functional groups attached to an aromatic ring is 1. The molecule has 0 saturated heterocycles. The molecule has 0 fully saturated rings. The molecule has 2 rings (SSSR count). The number of aromatic nitrogens is 3. The lowest BCUT2D eigenvalue weighted by Crippen LogP contribution is -2.05. The Labute approximate surface area is 105 Å². The van der Waals surface area contributed by atoms with Crippen molar-refractivity contribution in [3.05, 3.63) is 35.2 Å². The highest BCUT2D eigenvalue weighted by Crippen LogP contribution is 2.13. The van der Waals surface area contributed by atoms with E-state index in [4.69, 9.17) is 11.0 Å². The molecule has 6 nitrogen and oxygen atoms in total. The Morgan fingerprint density at radius 1 is 1.50 bits per heavy atom. The maximum absolute atomic E-state index is 8.88. The zero-order valence-electron chi connectivity index (χ0n) is 10.3. The fourth-order valence-electron chi connectivity index (χ4n) is 1.64. The topological polar surface area (TPSA) is 92.5 Å². The lowest BCUT2D eigenvalue weighted by Gasteiger charge is -2.06. The van der Waals surface area contributed by atoms with Crippen LogP contribution < -0.4 is 11.1 Å². The molecule has 0 saturated carbocycles. The van der Waals surface area contributed by atoms with Crippen molar-refractivity contribution in [2.24, 2.45) is 7.05 Å². The van der Waals surface area contributed by atoms with Gasteiger partial charge in [0.1, 0.15) is 11.6 Å². The van der Waals surface area contributed by atoms with Crippen LogP contribution in [0, 0.1) is 18.3 Å². The molecule has 3 N–H and O–H groups in total. The highest BCUT2D eigenvalue weighted by atomic mass is 15.3. The molecule has 0 unspecified atom stereocenters. The van der Waals surface area contributed by atoms with Gasteiger partial charge in [-0.05, 0) is 19.1 Å². The van der Waals surface area contributed by atoms with E-state index in [2.05, 4.69) is 21.5 Å². The second-order valence-corrected chi connectivity index (χ2v) is 4.03. The fourth-order valence-corrected chi connectivity index (χ4v) is 1.64. The summed E-state index contributed by atoms with van der Waals surface area (Å²) < 4.78 is 1.61. The van der Waals surface area contributed by atoms with Crippen LogP contribution in [0.3, 0.4) is 0 Å². The lowest BCUT2D eigenvalue weighted by molar-refractivity contribution is 0.778. The third-order valence-electron chi connectivity index (χ3n) is 2.61. The van der Waals surface area contributed by atoms with Crippen molar-refractivity contribution in [1.82, 2.24) is 14.8 Å². The van der Waals surface area contributed by atoms with E-state index in [1.165, 1.54) is 0 Å². The minimum Gasteiger partial charge on any atom is -0.384 e. The zero-order chi connectivity index (χ0) is 13.1. The molecule has 0 atom stereocenters. The summed E-state index contributed by atoms with van der Waals surface area (Å²) in [5.74, 6) is 1.28. The molecule has 0 amide bonds. The summed E-state index contributed by atoms with van der Waals surface area (Å²) in [4.78, 5) is 4.30. The van der Waals surface area contributed by atoms with E-state index < -0.39 is 0 Å². The van der Waals surface area contributed by atoms with Gasteiger partial charge in [0, 0.05) is 24.8 Å². The Morgan fingerprint density at radius 2 is 2.28 bits per heavy atom. The Morgan fingerprint density at radius 3 is 2.89 bits per heavy atom. The monoisotopic (exact) mass is 242 g/mol. The second-order valence-electron chi connectivity index (χ2n) is 4.03. The third kappa shape index (κ3) is 2.40. The predicted molar refractivity (Wildman–Crippen MR) is 68.6 cm³/mol. The molecule has 0 spiro atoms. The third-order valence-corrected chi connectivity index (χ3v) is 2.61. The van der Waals surface area contributed by atoms with Crippen LogP contribution in [0.4, 0.5) is 11.6 Å². The van der Waals surface area contributed by atoms with Crippen LogP contribution in [-0.2, 0) is 13.6 Å². The first-order valence-electron chi connectivity index (χ1n) is 5.49. The number of nitrogens with two attached hydrogens (primary N) is 1. The number of nitriles is 1. The number of hydrogen-bond acceptors (Lipinski definition) is 5. The molecular weight excluding hydrogens is 228 g/mol. The first-order valence-corrected chi connectivity index (χ1v) is 5.49. The van der Waals surface area contributed by atoms with Crippen LogP contribution in [0.5, 0.6) is 0 Å². The van der Waals surface area contributed by atoms with Gasteiger partial charge in [-0.25, -0.2) is 4.98 Å². The standard InChI is InChI=1S/C12H14N6/c1-8-3-9(5-13)4-11(17-8)15-6-10-7-16-18(2)12(10)14/h3-4,7H,6,14H2,1-2H3,(H,15,17). The van der Waals surface area contributed by atoms with Crippen LogP contribution in [0.25, 0.3) is 0 Å². The van der Waals surface area contributed by atoms with E-state index in [0.717, 1.165) is 11.3 Å². The quantitative estimate of drug-likeness (QED) is 0.843.